The van der Waals surface area contributed by atoms with Crippen molar-refractivity contribution in [3.05, 3.63) is 48.5 Å². The van der Waals surface area contributed by atoms with Crippen molar-refractivity contribution >= 4 is 29.1 Å². The van der Waals surface area contributed by atoms with E-state index in [-0.39, 0.29) is 36.6 Å². The van der Waals surface area contributed by atoms with E-state index >= 15 is 0 Å². The van der Waals surface area contributed by atoms with Crippen LogP contribution in [-0.2, 0) is 14.4 Å². The molecule has 1 fully saturated rings. The summed E-state index contributed by atoms with van der Waals surface area (Å²) >= 11 is 0. The third-order valence-electron chi connectivity index (χ3n) is 5.48. The van der Waals surface area contributed by atoms with Gasteiger partial charge in [-0.2, -0.15) is 0 Å². The predicted octanol–water partition coefficient (Wildman–Crippen LogP) is 2.84. The van der Waals surface area contributed by atoms with E-state index in [4.69, 9.17) is 9.47 Å². The fourth-order valence-corrected chi connectivity index (χ4v) is 3.66. The molecule has 2 N–H and O–H groups in total. The molecular weight excluding hydrogens is 410 g/mol. The molecule has 3 rings (SSSR count). The zero-order valence-electron chi connectivity index (χ0n) is 18.8. The van der Waals surface area contributed by atoms with E-state index in [1.807, 2.05) is 44.2 Å². The van der Waals surface area contributed by atoms with Gasteiger partial charge in [0.15, 0.2) is 0 Å². The number of benzene rings is 2. The van der Waals surface area contributed by atoms with Crippen LogP contribution in [0.15, 0.2) is 48.5 Å². The average Bonchev–Trinajstić information content (AvgIpc) is 3.19. The molecule has 2 atom stereocenters. The summed E-state index contributed by atoms with van der Waals surface area (Å²) in [5.74, 6) is -0.412. The van der Waals surface area contributed by atoms with Gasteiger partial charge in [-0.15, -0.1) is 0 Å². The first kappa shape index (κ1) is 23.1. The molecule has 0 spiro atoms. The summed E-state index contributed by atoms with van der Waals surface area (Å²) in [6, 6.07) is 13.5. The van der Waals surface area contributed by atoms with Crippen LogP contribution in [0.4, 0.5) is 11.4 Å². The highest BCUT2D eigenvalue weighted by Crippen LogP contribution is 2.29. The molecule has 0 radical (unpaired) electrons. The van der Waals surface area contributed by atoms with Crippen LogP contribution in [0.1, 0.15) is 20.3 Å². The molecule has 1 heterocycles. The normalized spacial score (nSPS) is 16.6. The number of para-hydroxylation sites is 1. The Morgan fingerprint density at radius 3 is 2.41 bits per heavy atom. The van der Waals surface area contributed by atoms with Gasteiger partial charge < -0.3 is 25.0 Å². The van der Waals surface area contributed by atoms with E-state index < -0.39 is 12.0 Å². The molecule has 2 unspecified atom stereocenters. The van der Waals surface area contributed by atoms with Crippen LogP contribution in [-0.4, -0.2) is 44.5 Å². The van der Waals surface area contributed by atoms with Crippen molar-refractivity contribution in [3.63, 3.8) is 0 Å². The number of hydrogen-bond acceptors (Lipinski definition) is 5. The molecule has 8 heteroatoms. The minimum absolute atomic E-state index is 0.107. The summed E-state index contributed by atoms with van der Waals surface area (Å²) in [4.78, 5) is 40.0. The second-order valence-corrected chi connectivity index (χ2v) is 8.03. The lowest BCUT2D eigenvalue weighted by Crippen LogP contribution is -2.49. The Labute approximate surface area is 187 Å². The molecule has 0 saturated carbocycles. The van der Waals surface area contributed by atoms with Crippen LogP contribution in [0.25, 0.3) is 0 Å². The van der Waals surface area contributed by atoms with Crippen molar-refractivity contribution < 1.29 is 23.9 Å². The number of nitrogens with zero attached hydrogens (tertiary/aromatic N) is 1. The number of nitrogens with one attached hydrogen (secondary N) is 2. The maximum Gasteiger partial charge on any atom is 0.247 e. The number of carbonyl (C=O) groups excluding carboxylic acids is 3. The first-order chi connectivity index (χ1) is 15.3. The van der Waals surface area contributed by atoms with Crippen LogP contribution < -0.4 is 25.0 Å². The number of methoxy groups -OCH3 is 2. The Bertz CT molecular complexity index is 977. The van der Waals surface area contributed by atoms with Gasteiger partial charge in [-0.05, 0) is 30.2 Å². The van der Waals surface area contributed by atoms with E-state index in [2.05, 4.69) is 10.6 Å². The Morgan fingerprint density at radius 2 is 1.78 bits per heavy atom. The SMILES string of the molecule is COc1ccc(NC(=O)C(NC(=O)C2CC(=O)N(c3ccccc3)C2)C(C)C)c(OC)c1. The minimum atomic E-state index is -0.768. The smallest absolute Gasteiger partial charge is 0.247 e. The van der Waals surface area contributed by atoms with Crippen LogP contribution in [0.2, 0.25) is 0 Å². The van der Waals surface area contributed by atoms with E-state index in [9.17, 15) is 14.4 Å². The Hall–Kier alpha value is -3.55. The first-order valence-electron chi connectivity index (χ1n) is 10.5. The number of ether oxygens (including phenoxy) is 2. The highest BCUT2D eigenvalue weighted by Gasteiger charge is 2.37. The van der Waals surface area contributed by atoms with Crippen LogP contribution >= 0.6 is 0 Å². The first-order valence-corrected chi connectivity index (χ1v) is 10.5. The van der Waals surface area contributed by atoms with Gasteiger partial charge in [0.25, 0.3) is 0 Å². The molecule has 0 aromatic heterocycles. The highest BCUT2D eigenvalue weighted by atomic mass is 16.5. The van der Waals surface area contributed by atoms with Crippen molar-refractivity contribution in [3.8, 4) is 11.5 Å². The third kappa shape index (κ3) is 5.19. The standard InChI is InChI=1S/C24H29N3O5/c1-15(2)22(24(30)25-19-11-10-18(31-3)13-20(19)32-4)26-23(29)16-12-21(28)27(14-16)17-8-6-5-7-9-17/h5-11,13,15-16,22H,12,14H2,1-4H3,(H,25,30)(H,26,29). The lowest BCUT2D eigenvalue weighted by molar-refractivity contribution is -0.130. The number of anilines is 2. The zero-order chi connectivity index (χ0) is 23.3. The number of carbonyl (C=O) groups is 3. The maximum absolute atomic E-state index is 13.0. The quantitative estimate of drug-likeness (QED) is 0.659. The maximum atomic E-state index is 13.0. The van der Waals surface area contributed by atoms with Crippen molar-refractivity contribution in [1.82, 2.24) is 5.32 Å². The highest BCUT2D eigenvalue weighted by molar-refractivity contribution is 6.02. The Kier molecular flexibility index (Phi) is 7.35. The van der Waals surface area contributed by atoms with Gasteiger partial charge in [-0.1, -0.05) is 32.0 Å². The topological polar surface area (TPSA) is 97.0 Å². The molecule has 1 aliphatic rings. The van der Waals surface area contributed by atoms with Gasteiger partial charge >= 0.3 is 0 Å². The zero-order valence-corrected chi connectivity index (χ0v) is 18.8. The van der Waals surface area contributed by atoms with Crippen molar-refractivity contribution in [2.24, 2.45) is 11.8 Å². The molecule has 0 aliphatic carbocycles. The molecule has 170 valence electrons. The number of rotatable bonds is 8. The lowest BCUT2D eigenvalue weighted by Gasteiger charge is -2.24. The summed E-state index contributed by atoms with van der Waals surface area (Å²) in [6.45, 7) is 3.99. The van der Waals surface area contributed by atoms with E-state index in [0.29, 0.717) is 17.2 Å². The van der Waals surface area contributed by atoms with Crippen LogP contribution in [0.3, 0.4) is 0 Å². The average molecular weight is 440 g/mol. The summed E-state index contributed by atoms with van der Waals surface area (Å²) in [7, 11) is 3.05. The largest absolute Gasteiger partial charge is 0.497 e. The van der Waals surface area contributed by atoms with Gasteiger partial charge in [0.05, 0.1) is 25.8 Å². The number of hydrogen-bond donors (Lipinski definition) is 2. The summed E-state index contributed by atoms with van der Waals surface area (Å²) in [6.07, 6.45) is 0.111. The summed E-state index contributed by atoms with van der Waals surface area (Å²) in [5.41, 5.74) is 1.24. The molecule has 2 aromatic rings. The summed E-state index contributed by atoms with van der Waals surface area (Å²) < 4.78 is 10.5. The van der Waals surface area contributed by atoms with Gasteiger partial charge in [0.1, 0.15) is 17.5 Å². The lowest BCUT2D eigenvalue weighted by atomic mass is 10.0. The molecule has 8 nitrogen and oxygen atoms in total. The second kappa shape index (κ2) is 10.2. The van der Waals surface area contributed by atoms with Gasteiger partial charge in [0, 0.05) is 24.7 Å². The fourth-order valence-electron chi connectivity index (χ4n) is 3.66. The fraction of sp³-hybridized carbons (Fsp3) is 0.375. The van der Waals surface area contributed by atoms with E-state index in [0.717, 1.165) is 5.69 Å². The van der Waals surface area contributed by atoms with Gasteiger partial charge in [-0.25, -0.2) is 0 Å². The van der Waals surface area contributed by atoms with Crippen LogP contribution in [0.5, 0.6) is 11.5 Å². The predicted molar refractivity (Wildman–Crippen MR) is 122 cm³/mol. The molecular formula is C24H29N3O5. The monoisotopic (exact) mass is 439 g/mol. The molecule has 1 aliphatic heterocycles. The van der Waals surface area contributed by atoms with E-state index in [1.54, 1.807) is 30.2 Å². The van der Waals surface area contributed by atoms with Gasteiger partial charge in [0.2, 0.25) is 17.7 Å². The Morgan fingerprint density at radius 1 is 1.06 bits per heavy atom. The van der Waals surface area contributed by atoms with Crippen molar-refractivity contribution in [2.45, 2.75) is 26.3 Å². The van der Waals surface area contributed by atoms with E-state index in [1.165, 1.54) is 7.11 Å². The second-order valence-electron chi connectivity index (χ2n) is 8.03. The molecule has 32 heavy (non-hydrogen) atoms. The Balaban J connectivity index is 1.68. The molecule has 3 amide bonds. The number of amides is 3. The van der Waals surface area contributed by atoms with Crippen LogP contribution in [0, 0.1) is 11.8 Å². The van der Waals surface area contributed by atoms with Crippen molar-refractivity contribution in [2.75, 3.05) is 31.0 Å². The molecule has 1 saturated heterocycles. The molecule has 2 aromatic carbocycles. The van der Waals surface area contributed by atoms with Gasteiger partial charge in [-0.3, -0.25) is 14.4 Å². The molecule has 0 bridgehead atoms. The summed E-state index contributed by atoms with van der Waals surface area (Å²) in [5, 5.41) is 5.66. The van der Waals surface area contributed by atoms with Crippen molar-refractivity contribution in [1.29, 1.82) is 0 Å². The minimum Gasteiger partial charge on any atom is -0.497 e. The third-order valence-corrected chi connectivity index (χ3v) is 5.48.